The maximum atomic E-state index is 12.3. The molecule has 17 heavy (non-hydrogen) atoms. The minimum atomic E-state index is 0.193. The molecule has 2 rings (SSSR count). The van der Waals surface area contributed by atoms with Crippen LogP contribution in [0.4, 0.5) is 0 Å². The molecule has 1 N–H and O–H groups in total. The van der Waals surface area contributed by atoms with Gasteiger partial charge in [-0.2, -0.15) is 0 Å². The summed E-state index contributed by atoms with van der Waals surface area (Å²) in [5.41, 5.74) is 0. The van der Waals surface area contributed by atoms with Gasteiger partial charge in [0.05, 0.1) is 12.0 Å². The Morgan fingerprint density at radius 2 is 2.06 bits per heavy atom. The van der Waals surface area contributed by atoms with E-state index in [9.17, 15) is 4.79 Å². The summed E-state index contributed by atoms with van der Waals surface area (Å²) < 4.78 is 5.61. The van der Waals surface area contributed by atoms with Crippen LogP contribution in [0.2, 0.25) is 0 Å². The summed E-state index contributed by atoms with van der Waals surface area (Å²) in [6.07, 6.45) is 2.35. The third kappa shape index (κ3) is 2.99. The maximum absolute atomic E-state index is 12.3. The van der Waals surface area contributed by atoms with Gasteiger partial charge in [-0.15, -0.1) is 0 Å². The van der Waals surface area contributed by atoms with E-state index < -0.39 is 0 Å². The third-order valence-electron chi connectivity index (χ3n) is 3.99. The van der Waals surface area contributed by atoms with Crippen molar-refractivity contribution in [1.82, 2.24) is 10.2 Å². The number of amides is 1. The molecule has 4 heteroatoms. The highest BCUT2D eigenvalue weighted by molar-refractivity contribution is 5.79. The number of carbonyl (C=O) groups excluding carboxylic acids is 1. The Kier molecular flexibility index (Phi) is 4.40. The number of carbonyl (C=O) groups is 1. The molecule has 2 aliphatic heterocycles. The second-order valence-electron chi connectivity index (χ2n) is 5.22. The van der Waals surface area contributed by atoms with E-state index in [1.165, 1.54) is 0 Å². The van der Waals surface area contributed by atoms with E-state index in [-0.39, 0.29) is 5.92 Å². The lowest BCUT2D eigenvalue weighted by Gasteiger charge is -2.34. The maximum Gasteiger partial charge on any atom is 0.227 e. The molecular formula is C13H24N2O2. The second-order valence-corrected chi connectivity index (χ2v) is 5.22. The van der Waals surface area contributed by atoms with Crippen LogP contribution in [0.5, 0.6) is 0 Å². The highest BCUT2D eigenvalue weighted by Crippen LogP contribution is 2.22. The molecule has 1 amide bonds. The van der Waals surface area contributed by atoms with Gasteiger partial charge in [-0.1, -0.05) is 6.92 Å². The van der Waals surface area contributed by atoms with Crippen molar-refractivity contribution in [2.45, 2.75) is 32.8 Å². The van der Waals surface area contributed by atoms with Crippen molar-refractivity contribution in [3.05, 3.63) is 0 Å². The SMILES string of the molecule is CCOC1CCN(C(=O)[C@@H]2CNC[C@H]2C)CC1. The fourth-order valence-corrected chi connectivity index (χ4v) is 2.85. The van der Waals surface area contributed by atoms with Gasteiger partial charge in [0.15, 0.2) is 0 Å². The van der Waals surface area contributed by atoms with Gasteiger partial charge in [0.25, 0.3) is 0 Å². The summed E-state index contributed by atoms with van der Waals surface area (Å²) >= 11 is 0. The first kappa shape index (κ1) is 12.8. The van der Waals surface area contributed by atoms with Gasteiger partial charge in [-0.05, 0) is 32.2 Å². The molecule has 0 saturated carbocycles. The van der Waals surface area contributed by atoms with Gasteiger partial charge in [0, 0.05) is 26.2 Å². The average molecular weight is 240 g/mol. The largest absolute Gasteiger partial charge is 0.378 e. The van der Waals surface area contributed by atoms with Gasteiger partial charge in [-0.3, -0.25) is 4.79 Å². The lowest BCUT2D eigenvalue weighted by molar-refractivity contribution is -0.138. The van der Waals surface area contributed by atoms with E-state index in [2.05, 4.69) is 12.2 Å². The molecule has 0 bridgehead atoms. The Morgan fingerprint density at radius 3 is 2.59 bits per heavy atom. The smallest absolute Gasteiger partial charge is 0.227 e. The zero-order valence-corrected chi connectivity index (χ0v) is 10.9. The highest BCUT2D eigenvalue weighted by Gasteiger charge is 2.34. The van der Waals surface area contributed by atoms with Crippen LogP contribution in [0.1, 0.15) is 26.7 Å². The first-order valence-electron chi connectivity index (χ1n) is 6.83. The fourth-order valence-electron chi connectivity index (χ4n) is 2.85. The highest BCUT2D eigenvalue weighted by atomic mass is 16.5. The minimum absolute atomic E-state index is 0.193. The van der Waals surface area contributed by atoms with Crippen LogP contribution in [0.25, 0.3) is 0 Å². The number of hydrogen-bond donors (Lipinski definition) is 1. The van der Waals surface area contributed by atoms with Gasteiger partial charge in [0.1, 0.15) is 0 Å². The van der Waals surface area contributed by atoms with Gasteiger partial charge < -0.3 is 15.0 Å². The first-order chi connectivity index (χ1) is 8.22. The Bertz CT molecular complexity index is 262. The van der Waals surface area contributed by atoms with Gasteiger partial charge in [0.2, 0.25) is 5.91 Å². The van der Waals surface area contributed by atoms with Crippen molar-refractivity contribution < 1.29 is 9.53 Å². The number of hydrogen-bond acceptors (Lipinski definition) is 3. The third-order valence-corrected chi connectivity index (χ3v) is 3.99. The molecule has 0 spiro atoms. The molecule has 2 fully saturated rings. The van der Waals surface area contributed by atoms with Crippen LogP contribution in [0.3, 0.4) is 0 Å². The summed E-state index contributed by atoms with van der Waals surface area (Å²) in [5, 5.41) is 3.30. The number of likely N-dealkylation sites (tertiary alicyclic amines) is 1. The topological polar surface area (TPSA) is 41.6 Å². The van der Waals surface area contributed by atoms with Crippen molar-refractivity contribution in [3.63, 3.8) is 0 Å². The quantitative estimate of drug-likeness (QED) is 0.796. The summed E-state index contributed by atoms with van der Waals surface area (Å²) in [4.78, 5) is 14.4. The van der Waals surface area contributed by atoms with E-state index in [1.54, 1.807) is 0 Å². The molecule has 2 aliphatic rings. The molecular weight excluding hydrogens is 216 g/mol. The van der Waals surface area contributed by atoms with Crippen molar-refractivity contribution in [3.8, 4) is 0 Å². The zero-order valence-electron chi connectivity index (χ0n) is 10.9. The van der Waals surface area contributed by atoms with Crippen molar-refractivity contribution in [2.75, 3.05) is 32.8 Å². The number of ether oxygens (including phenoxy) is 1. The number of rotatable bonds is 3. The van der Waals surface area contributed by atoms with Crippen LogP contribution in [-0.2, 0) is 9.53 Å². The van der Waals surface area contributed by atoms with Crippen LogP contribution in [0, 0.1) is 11.8 Å². The molecule has 0 unspecified atom stereocenters. The van der Waals surface area contributed by atoms with E-state index in [1.807, 2.05) is 11.8 Å². The Morgan fingerprint density at radius 1 is 1.35 bits per heavy atom. The number of nitrogens with zero attached hydrogens (tertiary/aromatic N) is 1. The molecule has 0 aromatic carbocycles. The van der Waals surface area contributed by atoms with Crippen LogP contribution in [-0.4, -0.2) is 49.7 Å². The Balaban J connectivity index is 1.82. The van der Waals surface area contributed by atoms with Crippen LogP contribution < -0.4 is 5.32 Å². The molecule has 0 aliphatic carbocycles. The summed E-state index contributed by atoms with van der Waals surface area (Å²) in [7, 11) is 0. The predicted octanol–water partition coefficient (Wildman–Crippen LogP) is 0.869. The average Bonchev–Trinajstić information content (AvgIpc) is 2.76. The van der Waals surface area contributed by atoms with E-state index in [4.69, 9.17) is 4.74 Å². The first-order valence-corrected chi connectivity index (χ1v) is 6.83. The molecule has 0 aromatic rings. The Labute approximate surface area is 104 Å². The van der Waals surface area contributed by atoms with E-state index in [0.29, 0.717) is 17.9 Å². The Hall–Kier alpha value is -0.610. The molecule has 2 saturated heterocycles. The summed E-state index contributed by atoms with van der Waals surface area (Å²) in [5.74, 6) is 1.02. The lowest BCUT2D eigenvalue weighted by atomic mass is 9.95. The second kappa shape index (κ2) is 5.83. The van der Waals surface area contributed by atoms with E-state index in [0.717, 1.165) is 45.6 Å². The summed E-state index contributed by atoms with van der Waals surface area (Å²) in [6.45, 7) is 8.54. The molecule has 0 aromatic heterocycles. The number of piperidine rings is 1. The molecule has 98 valence electrons. The van der Waals surface area contributed by atoms with Crippen LogP contribution in [0.15, 0.2) is 0 Å². The molecule has 2 atom stereocenters. The summed E-state index contributed by atoms with van der Waals surface area (Å²) in [6, 6.07) is 0. The van der Waals surface area contributed by atoms with Crippen molar-refractivity contribution in [2.24, 2.45) is 11.8 Å². The lowest BCUT2D eigenvalue weighted by Crippen LogP contribution is -2.45. The predicted molar refractivity (Wildman–Crippen MR) is 66.8 cm³/mol. The standard InChI is InChI=1S/C13H24N2O2/c1-3-17-11-4-6-15(7-5-11)13(16)12-9-14-8-10(12)2/h10-12,14H,3-9H2,1-2H3/t10-,12-/m1/s1. The molecule has 0 radical (unpaired) electrons. The fraction of sp³-hybridized carbons (Fsp3) is 0.923. The zero-order chi connectivity index (χ0) is 12.3. The van der Waals surface area contributed by atoms with E-state index >= 15 is 0 Å². The monoisotopic (exact) mass is 240 g/mol. The number of nitrogens with one attached hydrogen (secondary N) is 1. The normalized spacial score (nSPS) is 30.8. The van der Waals surface area contributed by atoms with Crippen molar-refractivity contribution >= 4 is 5.91 Å². The molecule has 4 nitrogen and oxygen atoms in total. The van der Waals surface area contributed by atoms with Gasteiger partial charge in [-0.25, -0.2) is 0 Å². The van der Waals surface area contributed by atoms with Crippen molar-refractivity contribution in [1.29, 1.82) is 0 Å². The minimum Gasteiger partial charge on any atom is -0.378 e. The molecule has 2 heterocycles. The van der Waals surface area contributed by atoms with Gasteiger partial charge >= 0.3 is 0 Å². The van der Waals surface area contributed by atoms with Crippen LogP contribution >= 0.6 is 0 Å².